The van der Waals surface area contributed by atoms with Crippen LogP contribution < -0.4 is 0 Å². The summed E-state index contributed by atoms with van der Waals surface area (Å²) in [5, 5.41) is 0. The highest BCUT2D eigenvalue weighted by atomic mass is 16.5. The Balaban J connectivity index is 2.25. The molecule has 0 amide bonds. The maximum absolute atomic E-state index is 11.9. The zero-order chi connectivity index (χ0) is 13.9. The summed E-state index contributed by atoms with van der Waals surface area (Å²) in [5.74, 6) is 0.0820. The fraction of sp³-hybridized carbons (Fsp3) is 0.588. The van der Waals surface area contributed by atoms with Crippen molar-refractivity contribution >= 4 is 5.78 Å². The summed E-state index contributed by atoms with van der Waals surface area (Å²) in [6.07, 6.45) is 6.92. The van der Waals surface area contributed by atoms with Gasteiger partial charge in [-0.2, -0.15) is 0 Å². The Morgan fingerprint density at radius 3 is 2.37 bits per heavy atom. The minimum atomic E-state index is 0.0820. The molecule has 19 heavy (non-hydrogen) atoms. The Labute approximate surface area is 117 Å². The van der Waals surface area contributed by atoms with Crippen molar-refractivity contribution in [3.05, 3.63) is 35.4 Å². The smallest absolute Gasteiger partial charge is 0.188 e. The molecule has 0 saturated carbocycles. The lowest BCUT2D eigenvalue weighted by Crippen LogP contribution is -2.10. The van der Waals surface area contributed by atoms with E-state index in [4.69, 9.17) is 4.74 Å². The normalized spacial score (nSPS) is 10.6. The lowest BCUT2D eigenvalue weighted by atomic mass is 10.1. The first-order chi connectivity index (χ1) is 9.27. The minimum Gasteiger partial charge on any atom is -0.373 e. The Kier molecular flexibility index (Phi) is 8.15. The molecule has 2 heteroatoms. The summed E-state index contributed by atoms with van der Waals surface area (Å²) >= 11 is 0. The predicted molar refractivity (Wildman–Crippen MR) is 79.7 cm³/mol. The molecule has 2 nitrogen and oxygen atoms in total. The molecule has 1 rings (SSSR count). The van der Waals surface area contributed by atoms with Crippen LogP contribution in [0.2, 0.25) is 0 Å². The minimum absolute atomic E-state index is 0.0820. The van der Waals surface area contributed by atoms with E-state index in [1.165, 1.54) is 24.8 Å². The average Bonchev–Trinajstić information content (AvgIpc) is 2.43. The summed E-state index contributed by atoms with van der Waals surface area (Å²) < 4.78 is 5.42. The Morgan fingerprint density at radius 1 is 1.00 bits per heavy atom. The molecule has 0 spiro atoms. The molecule has 0 bridgehead atoms. The van der Waals surface area contributed by atoms with Gasteiger partial charge in [0, 0.05) is 12.2 Å². The van der Waals surface area contributed by atoms with Crippen molar-refractivity contribution in [3.8, 4) is 0 Å². The van der Waals surface area contributed by atoms with Gasteiger partial charge in [0.25, 0.3) is 0 Å². The molecular weight excluding hydrogens is 236 g/mol. The van der Waals surface area contributed by atoms with E-state index >= 15 is 0 Å². The standard InChI is InChI=1S/C17H26O2/c1-3-5-6-7-13-19-14-17(18)16-11-9-15(8-4-2)10-12-16/h9-12H,3-8,13-14H2,1-2H3. The molecule has 0 N–H and O–H groups in total. The molecule has 0 radical (unpaired) electrons. The number of Topliss-reactive ketones (excluding diaryl/α,β-unsaturated/α-hetero) is 1. The highest BCUT2D eigenvalue weighted by molar-refractivity contribution is 5.97. The fourth-order valence-electron chi connectivity index (χ4n) is 2.03. The molecule has 0 aliphatic carbocycles. The summed E-state index contributed by atoms with van der Waals surface area (Å²) in [6.45, 7) is 5.25. The van der Waals surface area contributed by atoms with Crippen molar-refractivity contribution in [2.45, 2.75) is 52.4 Å². The fourth-order valence-corrected chi connectivity index (χ4v) is 2.03. The second kappa shape index (κ2) is 9.74. The van der Waals surface area contributed by atoms with E-state index in [9.17, 15) is 4.79 Å². The Bertz CT molecular complexity index is 354. The molecular formula is C17H26O2. The van der Waals surface area contributed by atoms with Gasteiger partial charge in [0.2, 0.25) is 0 Å². The van der Waals surface area contributed by atoms with Crippen LogP contribution in [0.1, 0.15) is 61.9 Å². The largest absolute Gasteiger partial charge is 0.373 e. The molecule has 0 aliphatic rings. The van der Waals surface area contributed by atoms with Gasteiger partial charge in [-0.1, -0.05) is 63.8 Å². The van der Waals surface area contributed by atoms with Crippen LogP contribution in [0.5, 0.6) is 0 Å². The van der Waals surface area contributed by atoms with Gasteiger partial charge in [0.15, 0.2) is 5.78 Å². The van der Waals surface area contributed by atoms with E-state index in [1.807, 2.05) is 24.3 Å². The molecule has 0 saturated heterocycles. The quantitative estimate of drug-likeness (QED) is 0.461. The number of benzene rings is 1. The van der Waals surface area contributed by atoms with Crippen LogP contribution in [0.15, 0.2) is 24.3 Å². The summed E-state index contributed by atoms with van der Waals surface area (Å²) in [5.41, 5.74) is 2.05. The number of hydrogen-bond acceptors (Lipinski definition) is 2. The number of carbonyl (C=O) groups excluding carboxylic acids is 1. The molecule has 0 aliphatic heterocycles. The van der Waals surface area contributed by atoms with Crippen LogP contribution in [0.4, 0.5) is 0 Å². The van der Waals surface area contributed by atoms with E-state index in [2.05, 4.69) is 13.8 Å². The number of hydrogen-bond donors (Lipinski definition) is 0. The van der Waals surface area contributed by atoms with Crippen molar-refractivity contribution < 1.29 is 9.53 Å². The molecule has 0 atom stereocenters. The van der Waals surface area contributed by atoms with Crippen LogP contribution in [0, 0.1) is 0 Å². The van der Waals surface area contributed by atoms with Crippen LogP contribution >= 0.6 is 0 Å². The van der Waals surface area contributed by atoms with E-state index in [1.54, 1.807) is 0 Å². The topological polar surface area (TPSA) is 26.3 Å². The monoisotopic (exact) mass is 262 g/mol. The van der Waals surface area contributed by atoms with Gasteiger partial charge >= 0.3 is 0 Å². The van der Waals surface area contributed by atoms with Crippen LogP contribution in [-0.4, -0.2) is 19.0 Å². The number of rotatable bonds is 10. The van der Waals surface area contributed by atoms with Gasteiger partial charge in [0.1, 0.15) is 6.61 Å². The molecule has 106 valence electrons. The number of ketones is 1. The number of aryl methyl sites for hydroxylation is 1. The second-order valence-corrected chi connectivity index (χ2v) is 4.98. The van der Waals surface area contributed by atoms with Gasteiger partial charge in [-0.3, -0.25) is 4.79 Å². The third kappa shape index (κ3) is 6.53. The third-order valence-electron chi connectivity index (χ3n) is 3.19. The molecule has 1 aromatic rings. The Hall–Kier alpha value is -1.15. The second-order valence-electron chi connectivity index (χ2n) is 4.98. The zero-order valence-electron chi connectivity index (χ0n) is 12.3. The maximum atomic E-state index is 11.9. The van der Waals surface area contributed by atoms with E-state index in [0.717, 1.165) is 24.8 Å². The Morgan fingerprint density at radius 2 is 1.74 bits per heavy atom. The van der Waals surface area contributed by atoms with Crippen LogP contribution in [0.3, 0.4) is 0 Å². The van der Waals surface area contributed by atoms with Crippen molar-refractivity contribution in [1.82, 2.24) is 0 Å². The van der Waals surface area contributed by atoms with E-state index in [0.29, 0.717) is 6.61 Å². The van der Waals surface area contributed by atoms with Crippen LogP contribution in [-0.2, 0) is 11.2 Å². The molecule has 0 aromatic heterocycles. The van der Waals surface area contributed by atoms with Crippen molar-refractivity contribution in [1.29, 1.82) is 0 Å². The lowest BCUT2D eigenvalue weighted by Gasteiger charge is -2.05. The third-order valence-corrected chi connectivity index (χ3v) is 3.19. The van der Waals surface area contributed by atoms with Gasteiger partial charge in [-0.15, -0.1) is 0 Å². The molecule has 1 aromatic carbocycles. The highest BCUT2D eigenvalue weighted by Gasteiger charge is 2.05. The molecule has 0 unspecified atom stereocenters. The number of ether oxygens (including phenoxy) is 1. The number of unbranched alkanes of at least 4 members (excludes halogenated alkanes) is 3. The van der Waals surface area contributed by atoms with Crippen LogP contribution in [0.25, 0.3) is 0 Å². The van der Waals surface area contributed by atoms with Gasteiger partial charge in [-0.25, -0.2) is 0 Å². The molecule has 0 fully saturated rings. The first-order valence-corrected chi connectivity index (χ1v) is 7.47. The van der Waals surface area contributed by atoms with Gasteiger partial charge in [-0.05, 0) is 18.4 Å². The van der Waals surface area contributed by atoms with Crippen molar-refractivity contribution in [3.63, 3.8) is 0 Å². The highest BCUT2D eigenvalue weighted by Crippen LogP contribution is 2.08. The first-order valence-electron chi connectivity index (χ1n) is 7.47. The SMILES string of the molecule is CCCCCCOCC(=O)c1ccc(CCC)cc1. The van der Waals surface area contributed by atoms with Crippen molar-refractivity contribution in [2.24, 2.45) is 0 Å². The lowest BCUT2D eigenvalue weighted by molar-refractivity contribution is 0.0752. The van der Waals surface area contributed by atoms with Gasteiger partial charge in [0.05, 0.1) is 0 Å². The predicted octanol–water partition coefficient (Wildman–Crippen LogP) is 4.42. The van der Waals surface area contributed by atoms with Crippen molar-refractivity contribution in [2.75, 3.05) is 13.2 Å². The summed E-state index contributed by atoms with van der Waals surface area (Å²) in [6, 6.07) is 7.90. The summed E-state index contributed by atoms with van der Waals surface area (Å²) in [7, 11) is 0. The molecule has 0 heterocycles. The van der Waals surface area contributed by atoms with E-state index < -0.39 is 0 Å². The number of carbonyl (C=O) groups is 1. The first kappa shape index (κ1) is 15.9. The van der Waals surface area contributed by atoms with E-state index in [-0.39, 0.29) is 12.4 Å². The maximum Gasteiger partial charge on any atom is 0.188 e. The summed E-state index contributed by atoms with van der Waals surface area (Å²) in [4.78, 5) is 11.9. The van der Waals surface area contributed by atoms with Gasteiger partial charge < -0.3 is 4.74 Å². The zero-order valence-corrected chi connectivity index (χ0v) is 12.3. The average molecular weight is 262 g/mol.